The van der Waals surface area contributed by atoms with E-state index in [1.54, 1.807) is 47.9 Å². The van der Waals surface area contributed by atoms with E-state index < -0.39 is 0 Å². The van der Waals surface area contributed by atoms with Crippen molar-refractivity contribution in [3.8, 4) is 11.5 Å². The minimum absolute atomic E-state index is 0.0624. The number of benzene rings is 3. The van der Waals surface area contributed by atoms with Crippen LogP contribution in [0.15, 0.2) is 75.4 Å². The van der Waals surface area contributed by atoms with Crippen LogP contribution < -0.4 is 14.4 Å². The van der Waals surface area contributed by atoms with Crippen LogP contribution in [0.5, 0.6) is 11.5 Å². The van der Waals surface area contributed by atoms with Gasteiger partial charge < -0.3 is 9.47 Å². The number of hydrogen-bond acceptors (Lipinski definition) is 7. The number of ether oxygens (including phenoxy) is 2. The number of anilines is 2. The number of thiocarbonyl (C=S) groups is 1. The number of fused-ring (bicyclic) bond motifs is 2. The highest BCUT2D eigenvalue weighted by Crippen LogP contribution is 2.49. The second-order valence-corrected chi connectivity index (χ2v) is 11.7. The fraction of sp³-hybridized carbons (Fsp3) is 0.179. The van der Waals surface area contributed by atoms with Crippen LogP contribution in [0.25, 0.3) is 6.08 Å². The summed E-state index contributed by atoms with van der Waals surface area (Å²) in [6.07, 6.45) is 2.50. The summed E-state index contributed by atoms with van der Waals surface area (Å²) in [7, 11) is 3.14. The first-order valence-electron chi connectivity index (χ1n) is 11.8. The zero-order valence-electron chi connectivity index (χ0n) is 20.6. The third-order valence-electron chi connectivity index (χ3n) is 6.09. The Balaban J connectivity index is 1.28. The van der Waals surface area contributed by atoms with Gasteiger partial charge in [-0.3, -0.25) is 19.4 Å². The van der Waals surface area contributed by atoms with Gasteiger partial charge in [-0.2, -0.15) is 0 Å². The number of methoxy groups -OCH3 is 2. The van der Waals surface area contributed by atoms with Crippen molar-refractivity contribution in [2.24, 2.45) is 0 Å². The molecule has 10 heteroatoms. The maximum atomic E-state index is 13.5. The molecule has 0 atom stereocenters. The summed E-state index contributed by atoms with van der Waals surface area (Å²) in [6.45, 7) is 0.353. The fourth-order valence-corrected chi connectivity index (χ4v) is 6.80. The molecule has 2 amide bonds. The third-order valence-corrected chi connectivity index (χ3v) is 8.83. The van der Waals surface area contributed by atoms with Crippen molar-refractivity contribution in [2.45, 2.75) is 22.6 Å². The quantitative estimate of drug-likeness (QED) is 0.216. The molecule has 0 N–H and O–H groups in total. The number of carbonyl (C=O) groups is 2. The molecule has 194 valence electrons. The molecule has 0 aliphatic carbocycles. The molecule has 0 unspecified atom stereocenters. The zero-order chi connectivity index (χ0) is 26.8. The van der Waals surface area contributed by atoms with E-state index in [2.05, 4.69) is 0 Å². The first-order chi connectivity index (χ1) is 18.4. The van der Waals surface area contributed by atoms with Crippen LogP contribution in [-0.2, 0) is 9.59 Å². The fourth-order valence-electron chi connectivity index (χ4n) is 4.28. The van der Waals surface area contributed by atoms with Gasteiger partial charge in [0.15, 0.2) is 11.5 Å². The molecule has 3 aromatic rings. The number of rotatable bonds is 7. The predicted molar refractivity (Wildman–Crippen MR) is 158 cm³/mol. The lowest BCUT2D eigenvalue weighted by atomic mass is 10.1. The molecule has 0 aromatic heterocycles. The van der Waals surface area contributed by atoms with Gasteiger partial charge in [0.05, 0.1) is 30.5 Å². The number of para-hydroxylation sites is 1. The average Bonchev–Trinajstić information content (AvgIpc) is 3.18. The Bertz CT molecular complexity index is 1480. The number of carbonyl (C=O) groups excluding carboxylic acids is 2. The van der Waals surface area contributed by atoms with Crippen molar-refractivity contribution in [3.05, 3.63) is 76.2 Å². The normalized spacial score (nSPS) is 15.5. The second-order valence-electron chi connectivity index (χ2n) is 8.46. The second kappa shape index (κ2) is 11.4. The molecule has 0 saturated carbocycles. The monoisotopic (exact) mass is 582 g/mol. The Kier molecular flexibility index (Phi) is 7.99. The SMILES string of the molecule is COc1ccc(C=C2SC(=S)N(CCCC(=O)N3c4ccccc4Sc4ccc(Cl)cc43)C2=O)cc1OC. The number of nitrogens with zero attached hydrogens (tertiary/aromatic N) is 2. The van der Waals surface area contributed by atoms with Gasteiger partial charge in [0.2, 0.25) is 5.91 Å². The lowest BCUT2D eigenvalue weighted by Gasteiger charge is -2.31. The smallest absolute Gasteiger partial charge is 0.266 e. The van der Waals surface area contributed by atoms with Crippen LogP contribution in [0.1, 0.15) is 18.4 Å². The van der Waals surface area contributed by atoms with E-state index in [1.807, 2.05) is 54.6 Å². The maximum absolute atomic E-state index is 13.5. The van der Waals surface area contributed by atoms with Crippen LogP contribution in [0, 0.1) is 0 Å². The van der Waals surface area contributed by atoms with Gasteiger partial charge in [-0.1, -0.05) is 65.5 Å². The molecule has 1 saturated heterocycles. The lowest BCUT2D eigenvalue weighted by molar-refractivity contribution is -0.123. The van der Waals surface area contributed by atoms with Crippen molar-refractivity contribution >= 4 is 80.9 Å². The van der Waals surface area contributed by atoms with Crippen molar-refractivity contribution in [1.29, 1.82) is 0 Å². The first-order valence-corrected chi connectivity index (χ1v) is 14.2. The number of halogens is 1. The van der Waals surface area contributed by atoms with Crippen molar-refractivity contribution in [2.75, 3.05) is 25.7 Å². The van der Waals surface area contributed by atoms with Gasteiger partial charge in [0.25, 0.3) is 5.91 Å². The van der Waals surface area contributed by atoms with Gasteiger partial charge in [-0.05, 0) is 60.5 Å². The minimum Gasteiger partial charge on any atom is -0.493 e. The Morgan fingerprint density at radius 2 is 1.74 bits per heavy atom. The van der Waals surface area contributed by atoms with Gasteiger partial charge in [0, 0.05) is 27.8 Å². The third kappa shape index (κ3) is 5.29. The highest BCUT2D eigenvalue weighted by atomic mass is 35.5. The number of thioether (sulfide) groups is 1. The van der Waals surface area contributed by atoms with Crippen molar-refractivity contribution in [1.82, 2.24) is 4.90 Å². The molecule has 0 radical (unpaired) electrons. The number of hydrogen-bond donors (Lipinski definition) is 0. The molecular weight excluding hydrogens is 560 g/mol. The largest absolute Gasteiger partial charge is 0.493 e. The van der Waals surface area contributed by atoms with Crippen LogP contribution in [0.2, 0.25) is 5.02 Å². The summed E-state index contributed by atoms with van der Waals surface area (Å²) >= 11 is 14.6. The van der Waals surface area contributed by atoms with E-state index in [-0.39, 0.29) is 18.2 Å². The summed E-state index contributed by atoms with van der Waals surface area (Å²) in [5, 5.41) is 0.570. The molecule has 6 nitrogen and oxygen atoms in total. The highest BCUT2D eigenvalue weighted by molar-refractivity contribution is 8.26. The van der Waals surface area contributed by atoms with Gasteiger partial charge in [0.1, 0.15) is 4.32 Å². The van der Waals surface area contributed by atoms with Crippen LogP contribution in [0.3, 0.4) is 0 Å². The van der Waals surface area contributed by atoms with E-state index in [9.17, 15) is 9.59 Å². The standard InChI is InChI=1S/C28H23ClN2O4S3/c1-34-21-11-9-17(14-22(21)35-2)15-25-27(33)30(28(36)38-25)13-5-8-26(32)31-19-6-3-4-7-23(19)37-24-12-10-18(29)16-20(24)31/h3-4,6-7,9-12,14-16H,5,8,13H2,1-2H3. The topological polar surface area (TPSA) is 59.1 Å². The van der Waals surface area contributed by atoms with Crippen LogP contribution in [0.4, 0.5) is 11.4 Å². The summed E-state index contributed by atoms with van der Waals surface area (Å²) < 4.78 is 11.1. The Morgan fingerprint density at radius 3 is 2.53 bits per heavy atom. The predicted octanol–water partition coefficient (Wildman–Crippen LogP) is 7.17. The Morgan fingerprint density at radius 1 is 0.974 bits per heavy atom. The molecule has 0 spiro atoms. The summed E-state index contributed by atoms with van der Waals surface area (Å²) in [5.41, 5.74) is 2.41. The van der Waals surface area contributed by atoms with Gasteiger partial charge in [-0.25, -0.2) is 0 Å². The molecular formula is C28H23ClN2O4S3. The van der Waals surface area contributed by atoms with E-state index in [1.165, 1.54) is 11.8 Å². The van der Waals surface area contributed by atoms with Gasteiger partial charge in [-0.15, -0.1) is 0 Å². The van der Waals surface area contributed by atoms with E-state index in [0.717, 1.165) is 26.7 Å². The van der Waals surface area contributed by atoms with Crippen LogP contribution in [-0.4, -0.2) is 41.8 Å². The molecule has 38 heavy (non-hydrogen) atoms. The molecule has 3 aromatic carbocycles. The van der Waals surface area contributed by atoms with Gasteiger partial charge >= 0.3 is 0 Å². The molecule has 0 bridgehead atoms. The van der Waals surface area contributed by atoms with Crippen molar-refractivity contribution < 1.29 is 19.1 Å². The van der Waals surface area contributed by atoms with E-state index in [0.29, 0.717) is 38.7 Å². The van der Waals surface area contributed by atoms with E-state index in [4.69, 9.17) is 33.3 Å². The molecule has 2 aliphatic heterocycles. The maximum Gasteiger partial charge on any atom is 0.266 e. The molecule has 2 aliphatic rings. The lowest BCUT2D eigenvalue weighted by Crippen LogP contribution is -2.32. The number of amides is 2. The van der Waals surface area contributed by atoms with E-state index >= 15 is 0 Å². The Hall–Kier alpha value is -2.98. The zero-order valence-corrected chi connectivity index (χ0v) is 23.8. The summed E-state index contributed by atoms with van der Waals surface area (Å²) in [5.74, 6) is 0.962. The Labute approximate surface area is 239 Å². The molecule has 1 fully saturated rings. The summed E-state index contributed by atoms with van der Waals surface area (Å²) in [6, 6.07) is 18.8. The minimum atomic E-state index is -0.168. The molecule has 5 rings (SSSR count). The summed E-state index contributed by atoms with van der Waals surface area (Å²) in [4.78, 5) is 32.4. The first kappa shape index (κ1) is 26.6. The van der Waals surface area contributed by atoms with Crippen LogP contribution >= 0.6 is 47.3 Å². The average molecular weight is 583 g/mol. The highest BCUT2D eigenvalue weighted by Gasteiger charge is 2.33. The van der Waals surface area contributed by atoms with Crippen molar-refractivity contribution in [3.63, 3.8) is 0 Å². The molecule has 2 heterocycles.